The van der Waals surface area contributed by atoms with Crippen LogP contribution in [0.15, 0.2) is 83.1 Å². The molecule has 0 heteroatoms. The summed E-state index contributed by atoms with van der Waals surface area (Å²) in [7, 11) is 0. The third-order valence-electron chi connectivity index (χ3n) is 6.90. The summed E-state index contributed by atoms with van der Waals surface area (Å²) in [6.07, 6.45) is 14.0. The van der Waals surface area contributed by atoms with Crippen LogP contribution >= 0.6 is 0 Å². The van der Waals surface area contributed by atoms with Crippen molar-refractivity contribution in [3.8, 4) is 0 Å². The van der Waals surface area contributed by atoms with Crippen LogP contribution in [0.25, 0.3) is 0 Å². The topological polar surface area (TPSA) is 0 Å². The molecule has 0 heterocycles. The average molecular weight is 347 g/mol. The van der Waals surface area contributed by atoms with Crippen LogP contribution in [-0.4, -0.2) is 0 Å². The molecule has 3 rings (SSSR count). The van der Waals surface area contributed by atoms with Crippen LogP contribution in [0.4, 0.5) is 0 Å². The van der Waals surface area contributed by atoms with Gasteiger partial charge in [-0.15, -0.1) is 0 Å². The Bertz CT molecular complexity index is 777. The van der Waals surface area contributed by atoms with Gasteiger partial charge in [-0.05, 0) is 44.3 Å². The van der Waals surface area contributed by atoms with Gasteiger partial charge in [0.2, 0.25) is 0 Å². The summed E-state index contributed by atoms with van der Waals surface area (Å²) >= 11 is 0. The van der Waals surface area contributed by atoms with Gasteiger partial charge in [0, 0.05) is 10.8 Å². The summed E-state index contributed by atoms with van der Waals surface area (Å²) in [5, 5.41) is 0. The van der Waals surface area contributed by atoms with E-state index in [2.05, 4.69) is 105 Å². The van der Waals surface area contributed by atoms with Crippen molar-refractivity contribution in [2.45, 2.75) is 55.4 Å². The first-order valence-electron chi connectivity index (χ1n) is 9.68. The van der Waals surface area contributed by atoms with E-state index in [1.54, 1.807) is 0 Å². The van der Waals surface area contributed by atoms with E-state index in [1.165, 1.54) is 33.4 Å². The van der Waals surface area contributed by atoms with Crippen LogP contribution in [-0.2, 0) is 0 Å². The second kappa shape index (κ2) is 5.35. The summed E-state index contributed by atoms with van der Waals surface area (Å²) in [6.45, 7) is 27.4. The van der Waals surface area contributed by atoms with Crippen molar-refractivity contribution in [1.82, 2.24) is 0 Å². The Labute approximate surface area is 160 Å². The lowest BCUT2D eigenvalue weighted by atomic mass is 9.47. The Balaban J connectivity index is 2.22. The lowest BCUT2D eigenvalue weighted by molar-refractivity contribution is 0.251. The van der Waals surface area contributed by atoms with E-state index in [1.807, 2.05) is 0 Å². The molecule has 0 radical (unpaired) electrons. The van der Waals surface area contributed by atoms with E-state index in [4.69, 9.17) is 0 Å². The highest BCUT2D eigenvalue weighted by atomic mass is 14.6. The van der Waals surface area contributed by atoms with E-state index in [0.29, 0.717) is 0 Å². The highest BCUT2D eigenvalue weighted by Gasteiger charge is 2.54. The third-order valence-corrected chi connectivity index (χ3v) is 6.90. The van der Waals surface area contributed by atoms with Gasteiger partial charge in [-0.2, -0.15) is 0 Å². The molecule has 0 saturated heterocycles. The second-order valence-corrected chi connectivity index (χ2v) is 10.5. The van der Waals surface area contributed by atoms with Crippen LogP contribution in [0, 0.1) is 21.7 Å². The fourth-order valence-electron chi connectivity index (χ4n) is 4.44. The normalized spacial score (nSPS) is 31.5. The largest absolute Gasteiger partial charge is 0.0949 e. The molecule has 3 aliphatic carbocycles. The van der Waals surface area contributed by atoms with Crippen molar-refractivity contribution in [3.05, 3.63) is 83.1 Å². The van der Waals surface area contributed by atoms with Crippen LogP contribution in [0.3, 0.4) is 0 Å². The molecule has 1 unspecified atom stereocenters. The maximum absolute atomic E-state index is 4.53. The van der Waals surface area contributed by atoms with Crippen LogP contribution in [0.1, 0.15) is 55.4 Å². The minimum Gasteiger partial charge on any atom is -0.0949 e. The van der Waals surface area contributed by atoms with Gasteiger partial charge < -0.3 is 0 Å². The van der Waals surface area contributed by atoms with Gasteiger partial charge >= 0.3 is 0 Å². The maximum atomic E-state index is 4.53. The highest BCUT2D eigenvalue weighted by molar-refractivity contribution is 5.65. The molecule has 0 nitrogen and oxygen atoms in total. The summed E-state index contributed by atoms with van der Waals surface area (Å²) in [5.41, 5.74) is 7.67. The molecule has 26 heavy (non-hydrogen) atoms. The van der Waals surface area contributed by atoms with Crippen molar-refractivity contribution in [2.75, 3.05) is 0 Å². The lowest BCUT2D eigenvalue weighted by Crippen LogP contribution is -2.46. The average Bonchev–Trinajstić information content (AvgIpc) is 2.48. The predicted molar refractivity (Wildman–Crippen MR) is 115 cm³/mol. The number of hydrogen-bond donors (Lipinski definition) is 0. The van der Waals surface area contributed by atoms with Crippen molar-refractivity contribution in [1.29, 1.82) is 0 Å². The van der Waals surface area contributed by atoms with Gasteiger partial charge in [-0.25, -0.2) is 0 Å². The van der Waals surface area contributed by atoms with Crippen molar-refractivity contribution < 1.29 is 0 Å². The quantitative estimate of drug-likeness (QED) is 0.426. The molecule has 0 aromatic heterocycles. The lowest BCUT2D eigenvalue weighted by Gasteiger charge is -2.55. The molecule has 0 spiro atoms. The summed E-state index contributed by atoms with van der Waals surface area (Å²) < 4.78 is 0. The first kappa shape index (κ1) is 19.0. The zero-order valence-electron chi connectivity index (χ0n) is 17.9. The van der Waals surface area contributed by atoms with Gasteiger partial charge in [0.25, 0.3) is 0 Å². The van der Waals surface area contributed by atoms with Gasteiger partial charge in [0.1, 0.15) is 0 Å². The number of hydrogen-bond acceptors (Lipinski definition) is 0. The number of allylic oxidation sites excluding steroid dienone is 12. The molecular weight excluding hydrogens is 312 g/mol. The molecule has 0 saturated carbocycles. The SMILES string of the molecule is C=C1C=C(C(C)(C)C)C=C2C=CC3=CC(C(C)(C)C)=CC(=C)[C@]3(C)C12C. The Morgan fingerprint density at radius 2 is 0.923 bits per heavy atom. The summed E-state index contributed by atoms with van der Waals surface area (Å²) in [6, 6.07) is 0. The monoisotopic (exact) mass is 346 g/mol. The zero-order valence-corrected chi connectivity index (χ0v) is 17.9. The fourth-order valence-corrected chi connectivity index (χ4v) is 4.44. The van der Waals surface area contributed by atoms with Gasteiger partial charge in [0.15, 0.2) is 0 Å². The minimum absolute atomic E-state index is 0.116. The first-order chi connectivity index (χ1) is 11.7. The molecule has 0 bridgehead atoms. The molecule has 0 aliphatic heterocycles. The van der Waals surface area contributed by atoms with Gasteiger partial charge in [-0.3, -0.25) is 0 Å². The molecular formula is C26H34. The fraction of sp³-hybridized carbons (Fsp3) is 0.462. The molecule has 138 valence electrons. The van der Waals surface area contributed by atoms with Gasteiger partial charge in [0.05, 0.1) is 0 Å². The maximum Gasteiger partial charge on any atom is 0.0303 e. The molecule has 2 atom stereocenters. The number of fused-ring (bicyclic) bond motifs is 3. The van der Waals surface area contributed by atoms with E-state index >= 15 is 0 Å². The Morgan fingerprint density at radius 1 is 0.615 bits per heavy atom. The van der Waals surface area contributed by atoms with Gasteiger partial charge in [-0.1, -0.05) is 105 Å². The molecule has 0 aromatic rings. The minimum atomic E-state index is -0.167. The van der Waals surface area contributed by atoms with Crippen molar-refractivity contribution in [2.24, 2.45) is 21.7 Å². The molecule has 0 fully saturated rings. The van der Waals surface area contributed by atoms with Crippen molar-refractivity contribution >= 4 is 0 Å². The third kappa shape index (κ3) is 2.42. The van der Waals surface area contributed by atoms with Crippen LogP contribution in [0.5, 0.6) is 0 Å². The zero-order chi connectivity index (χ0) is 19.7. The second-order valence-electron chi connectivity index (χ2n) is 10.5. The van der Waals surface area contributed by atoms with Crippen molar-refractivity contribution in [3.63, 3.8) is 0 Å². The summed E-state index contributed by atoms with van der Waals surface area (Å²) in [4.78, 5) is 0. The number of rotatable bonds is 0. The Morgan fingerprint density at radius 3 is 1.19 bits per heavy atom. The van der Waals surface area contributed by atoms with E-state index in [-0.39, 0.29) is 21.7 Å². The molecule has 3 aliphatic rings. The van der Waals surface area contributed by atoms with E-state index in [0.717, 1.165) is 0 Å². The van der Waals surface area contributed by atoms with E-state index in [9.17, 15) is 0 Å². The predicted octanol–water partition coefficient (Wildman–Crippen LogP) is 7.51. The molecule has 0 amide bonds. The van der Waals surface area contributed by atoms with Crippen LogP contribution in [0.2, 0.25) is 0 Å². The van der Waals surface area contributed by atoms with E-state index < -0.39 is 0 Å². The Kier molecular flexibility index (Phi) is 3.90. The highest BCUT2D eigenvalue weighted by Crippen LogP contribution is 2.64. The summed E-state index contributed by atoms with van der Waals surface area (Å²) in [5.74, 6) is 0. The molecule has 0 N–H and O–H groups in total. The van der Waals surface area contributed by atoms with Crippen LogP contribution < -0.4 is 0 Å². The first-order valence-corrected chi connectivity index (χ1v) is 9.68. The smallest absolute Gasteiger partial charge is 0.0303 e. The molecule has 0 aromatic carbocycles. The Hall–Kier alpha value is -1.82. The standard InChI is InChI=1S/C26H34/c1-17-13-21(23(3,4)5)15-19-11-12-20-16-22(24(6,7)8)14-18(2)26(20,10)25(17,19)9/h11-16H,1-2H2,3-10H3/t25-,26?/m0/s1.